The molecule has 1 aliphatic carbocycles. The SMILES string of the molecule is CC(C)Oc1ccc(C2NNC3CCC(C(=O)N[C@@H]4CCCN(Cc5ccccc5F)C4)CC32)cc1. The third-order valence-electron chi connectivity index (χ3n) is 7.94. The number of piperidine rings is 1. The molecule has 0 radical (unpaired) electrons. The van der Waals surface area contributed by atoms with Gasteiger partial charge in [0.15, 0.2) is 0 Å². The third kappa shape index (κ3) is 5.90. The quantitative estimate of drug-likeness (QED) is 0.535. The zero-order valence-electron chi connectivity index (χ0n) is 21.4. The number of carbonyl (C=O) groups is 1. The predicted molar refractivity (Wildman–Crippen MR) is 139 cm³/mol. The zero-order valence-corrected chi connectivity index (χ0v) is 21.4. The van der Waals surface area contributed by atoms with Crippen molar-refractivity contribution in [2.24, 2.45) is 11.8 Å². The minimum atomic E-state index is -0.157. The molecule has 2 saturated heterocycles. The summed E-state index contributed by atoms with van der Waals surface area (Å²) in [6.45, 7) is 6.36. The topological polar surface area (TPSA) is 65.6 Å². The van der Waals surface area contributed by atoms with Crippen LogP contribution in [0.3, 0.4) is 0 Å². The monoisotopic (exact) mass is 494 g/mol. The second kappa shape index (κ2) is 11.3. The van der Waals surface area contributed by atoms with E-state index in [-0.39, 0.29) is 35.8 Å². The summed E-state index contributed by atoms with van der Waals surface area (Å²) in [6.07, 6.45) is 4.92. The molecule has 0 bridgehead atoms. The summed E-state index contributed by atoms with van der Waals surface area (Å²) in [5.41, 5.74) is 8.91. The van der Waals surface area contributed by atoms with Crippen molar-refractivity contribution in [1.29, 1.82) is 0 Å². The Morgan fingerprint density at radius 3 is 2.69 bits per heavy atom. The number of hydrogen-bond acceptors (Lipinski definition) is 5. The zero-order chi connectivity index (χ0) is 25.1. The van der Waals surface area contributed by atoms with Gasteiger partial charge in [-0.3, -0.25) is 15.1 Å². The number of hydrogen-bond donors (Lipinski definition) is 3. The van der Waals surface area contributed by atoms with Gasteiger partial charge in [-0.2, -0.15) is 0 Å². The van der Waals surface area contributed by atoms with Crippen molar-refractivity contribution in [1.82, 2.24) is 21.1 Å². The van der Waals surface area contributed by atoms with Gasteiger partial charge in [0.25, 0.3) is 0 Å². The second-order valence-electron chi connectivity index (χ2n) is 11.0. The van der Waals surface area contributed by atoms with Gasteiger partial charge in [0.2, 0.25) is 5.91 Å². The number of ether oxygens (including phenoxy) is 1. The van der Waals surface area contributed by atoms with Gasteiger partial charge in [-0.05, 0) is 82.2 Å². The van der Waals surface area contributed by atoms with E-state index in [1.165, 1.54) is 11.6 Å². The molecule has 2 aliphatic heterocycles. The fourth-order valence-electron chi connectivity index (χ4n) is 6.16. The summed E-state index contributed by atoms with van der Waals surface area (Å²) in [6, 6.07) is 16.0. The van der Waals surface area contributed by atoms with Crippen molar-refractivity contribution in [2.75, 3.05) is 13.1 Å². The first kappa shape index (κ1) is 25.2. The normalized spacial score (nSPS) is 28.6. The van der Waals surface area contributed by atoms with Gasteiger partial charge in [-0.25, -0.2) is 9.82 Å². The Morgan fingerprint density at radius 1 is 1.11 bits per heavy atom. The molecule has 3 N–H and O–H groups in total. The standard InChI is InChI=1S/C29H39FN4O2/c1-19(2)36-24-12-9-20(10-13-24)28-25-16-21(11-14-27(25)32-33-28)29(35)31-23-7-5-15-34(18-23)17-22-6-3-4-8-26(22)30/h3-4,6,8-10,12-13,19,21,23,25,27-28,32-33H,5,7,11,14-18H2,1-2H3,(H,31,35)/t21?,23-,25?,27?,28?/m1/s1. The number of carbonyl (C=O) groups excluding carboxylic acids is 1. The van der Waals surface area contributed by atoms with E-state index in [1.807, 2.05) is 38.1 Å². The first-order valence-corrected chi connectivity index (χ1v) is 13.5. The van der Waals surface area contributed by atoms with E-state index < -0.39 is 0 Å². The second-order valence-corrected chi connectivity index (χ2v) is 11.0. The van der Waals surface area contributed by atoms with E-state index in [4.69, 9.17) is 4.74 Å². The molecule has 0 aromatic heterocycles. The number of nitrogens with zero attached hydrogens (tertiary/aromatic N) is 1. The molecule has 2 heterocycles. The fourth-order valence-corrected chi connectivity index (χ4v) is 6.16. The Balaban J connectivity index is 1.16. The van der Waals surface area contributed by atoms with Gasteiger partial charge in [0.1, 0.15) is 11.6 Å². The molecule has 3 fully saturated rings. The highest BCUT2D eigenvalue weighted by Crippen LogP contribution is 2.40. The molecule has 36 heavy (non-hydrogen) atoms. The predicted octanol–water partition coefficient (Wildman–Crippen LogP) is 4.33. The number of nitrogens with one attached hydrogen (secondary N) is 3. The molecule has 2 aromatic carbocycles. The summed E-state index contributed by atoms with van der Waals surface area (Å²) in [7, 11) is 0. The van der Waals surface area contributed by atoms with Crippen LogP contribution < -0.4 is 20.9 Å². The average molecular weight is 495 g/mol. The number of rotatable bonds is 7. The highest BCUT2D eigenvalue weighted by Gasteiger charge is 2.43. The lowest BCUT2D eigenvalue weighted by Crippen LogP contribution is -2.50. The number of likely N-dealkylation sites (tertiary alicyclic amines) is 1. The number of fused-ring (bicyclic) bond motifs is 1. The maximum Gasteiger partial charge on any atom is 0.223 e. The Hall–Kier alpha value is -2.48. The Kier molecular flexibility index (Phi) is 7.89. The third-order valence-corrected chi connectivity index (χ3v) is 7.94. The molecular formula is C29H39FN4O2. The van der Waals surface area contributed by atoms with E-state index >= 15 is 0 Å². The van der Waals surface area contributed by atoms with Crippen LogP contribution in [0.2, 0.25) is 0 Å². The summed E-state index contributed by atoms with van der Waals surface area (Å²) >= 11 is 0. The van der Waals surface area contributed by atoms with Crippen LogP contribution >= 0.6 is 0 Å². The molecule has 194 valence electrons. The van der Waals surface area contributed by atoms with Gasteiger partial charge in [0.05, 0.1) is 12.1 Å². The van der Waals surface area contributed by atoms with Crippen molar-refractivity contribution < 1.29 is 13.9 Å². The summed E-state index contributed by atoms with van der Waals surface area (Å²) < 4.78 is 19.9. The lowest BCUT2D eigenvalue weighted by Gasteiger charge is -2.36. The maximum absolute atomic E-state index is 14.1. The van der Waals surface area contributed by atoms with E-state index in [0.717, 1.165) is 56.5 Å². The minimum absolute atomic E-state index is 0.0286. The summed E-state index contributed by atoms with van der Waals surface area (Å²) in [4.78, 5) is 15.6. The minimum Gasteiger partial charge on any atom is -0.491 e. The number of hydrazine groups is 1. The van der Waals surface area contributed by atoms with Gasteiger partial charge in [-0.1, -0.05) is 30.3 Å². The van der Waals surface area contributed by atoms with Crippen molar-refractivity contribution >= 4 is 5.91 Å². The van der Waals surface area contributed by atoms with Crippen molar-refractivity contribution in [3.05, 3.63) is 65.5 Å². The van der Waals surface area contributed by atoms with Crippen LogP contribution in [0.15, 0.2) is 48.5 Å². The molecule has 0 spiro atoms. The van der Waals surface area contributed by atoms with Crippen molar-refractivity contribution in [3.63, 3.8) is 0 Å². The summed E-state index contributed by atoms with van der Waals surface area (Å²) in [5, 5.41) is 3.35. The Morgan fingerprint density at radius 2 is 1.92 bits per heavy atom. The number of amides is 1. The molecule has 6 nitrogen and oxygen atoms in total. The van der Waals surface area contributed by atoms with Crippen LogP contribution in [0.4, 0.5) is 4.39 Å². The number of halogens is 1. The van der Waals surface area contributed by atoms with E-state index in [2.05, 4.69) is 33.2 Å². The van der Waals surface area contributed by atoms with Crippen molar-refractivity contribution in [2.45, 2.75) is 76.7 Å². The lowest BCUT2D eigenvalue weighted by atomic mass is 9.74. The van der Waals surface area contributed by atoms with E-state index in [9.17, 15) is 9.18 Å². The first-order valence-electron chi connectivity index (χ1n) is 13.5. The molecule has 2 aromatic rings. The van der Waals surface area contributed by atoms with E-state index in [1.54, 1.807) is 6.07 Å². The molecular weight excluding hydrogens is 455 g/mol. The highest BCUT2D eigenvalue weighted by molar-refractivity contribution is 5.79. The molecule has 3 aliphatic rings. The molecule has 7 heteroatoms. The van der Waals surface area contributed by atoms with Crippen LogP contribution in [0, 0.1) is 17.7 Å². The summed E-state index contributed by atoms with van der Waals surface area (Å²) in [5.74, 6) is 1.30. The maximum atomic E-state index is 14.1. The van der Waals surface area contributed by atoms with Gasteiger partial charge in [0, 0.05) is 36.7 Å². The Bertz CT molecular complexity index is 1030. The molecule has 4 unspecified atom stereocenters. The van der Waals surface area contributed by atoms with Gasteiger partial charge in [-0.15, -0.1) is 0 Å². The average Bonchev–Trinajstić information content (AvgIpc) is 3.29. The first-order chi connectivity index (χ1) is 17.5. The van der Waals surface area contributed by atoms with Crippen LogP contribution in [-0.2, 0) is 11.3 Å². The number of benzene rings is 2. The molecule has 5 rings (SSSR count). The van der Waals surface area contributed by atoms with Crippen LogP contribution in [0.5, 0.6) is 5.75 Å². The molecule has 1 amide bonds. The van der Waals surface area contributed by atoms with Crippen LogP contribution in [0.25, 0.3) is 0 Å². The van der Waals surface area contributed by atoms with Gasteiger partial charge >= 0.3 is 0 Å². The smallest absolute Gasteiger partial charge is 0.223 e. The molecule has 5 atom stereocenters. The van der Waals surface area contributed by atoms with Crippen LogP contribution in [-0.4, -0.2) is 42.1 Å². The Labute approximate surface area is 213 Å². The van der Waals surface area contributed by atoms with Crippen molar-refractivity contribution in [3.8, 4) is 5.75 Å². The van der Waals surface area contributed by atoms with Gasteiger partial charge < -0.3 is 10.1 Å². The fraction of sp³-hybridized carbons (Fsp3) is 0.552. The lowest BCUT2D eigenvalue weighted by molar-refractivity contribution is -0.127. The van der Waals surface area contributed by atoms with Crippen LogP contribution in [0.1, 0.15) is 63.1 Å². The largest absolute Gasteiger partial charge is 0.491 e. The molecule has 1 saturated carbocycles. The van der Waals surface area contributed by atoms with E-state index in [0.29, 0.717) is 18.5 Å². The highest BCUT2D eigenvalue weighted by atomic mass is 19.1.